The van der Waals surface area contributed by atoms with Gasteiger partial charge >= 0.3 is 0 Å². The first kappa shape index (κ1) is 12.5. The topological polar surface area (TPSA) is 64.4 Å². The number of hydrogen-bond donors (Lipinski definition) is 2. The van der Waals surface area contributed by atoms with E-state index in [1.54, 1.807) is 6.07 Å². The second kappa shape index (κ2) is 4.72. The van der Waals surface area contributed by atoms with Crippen LogP contribution in [0.3, 0.4) is 0 Å². The molecular formula is C11H12BrFN2O2. The summed E-state index contributed by atoms with van der Waals surface area (Å²) in [7, 11) is 0. The van der Waals surface area contributed by atoms with E-state index in [0.717, 1.165) is 0 Å². The third-order valence-corrected chi connectivity index (χ3v) is 3.32. The number of ether oxygens (including phenoxy) is 1. The molecule has 0 aromatic heterocycles. The van der Waals surface area contributed by atoms with Gasteiger partial charge in [-0.3, -0.25) is 4.79 Å². The van der Waals surface area contributed by atoms with Crippen molar-refractivity contribution < 1.29 is 13.9 Å². The Hall–Kier alpha value is -0.980. The quantitative estimate of drug-likeness (QED) is 0.873. The molecule has 1 aliphatic heterocycles. The van der Waals surface area contributed by atoms with E-state index in [9.17, 15) is 9.18 Å². The highest BCUT2D eigenvalue weighted by atomic mass is 79.9. The molecule has 1 atom stereocenters. The van der Waals surface area contributed by atoms with Gasteiger partial charge in [0.25, 0.3) is 0 Å². The molecule has 0 radical (unpaired) electrons. The Morgan fingerprint density at radius 3 is 2.94 bits per heavy atom. The van der Waals surface area contributed by atoms with E-state index in [-0.39, 0.29) is 12.5 Å². The van der Waals surface area contributed by atoms with Gasteiger partial charge in [0.15, 0.2) is 0 Å². The summed E-state index contributed by atoms with van der Waals surface area (Å²) in [6.45, 7) is 0.663. The molecule has 1 aromatic carbocycles. The Kier molecular flexibility index (Phi) is 3.46. The average molecular weight is 303 g/mol. The predicted molar refractivity (Wildman–Crippen MR) is 65.1 cm³/mol. The molecule has 1 aliphatic rings. The lowest BCUT2D eigenvalue weighted by molar-refractivity contribution is -0.121. The molecule has 4 nitrogen and oxygen atoms in total. The highest BCUT2D eigenvalue weighted by molar-refractivity contribution is 9.10. The van der Waals surface area contributed by atoms with Crippen LogP contribution in [0.1, 0.15) is 6.42 Å². The minimum absolute atomic E-state index is 0.192. The molecule has 2 rings (SSSR count). The van der Waals surface area contributed by atoms with Gasteiger partial charge in [-0.1, -0.05) is 0 Å². The van der Waals surface area contributed by atoms with Crippen LogP contribution in [0, 0.1) is 5.82 Å². The molecule has 17 heavy (non-hydrogen) atoms. The summed E-state index contributed by atoms with van der Waals surface area (Å²) in [6, 6.07) is 4.37. The maximum absolute atomic E-state index is 13.2. The number of benzene rings is 1. The van der Waals surface area contributed by atoms with Crippen LogP contribution in [0.5, 0.6) is 0 Å². The maximum atomic E-state index is 13.2. The van der Waals surface area contributed by atoms with E-state index >= 15 is 0 Å². The second-order valence-electron chi connectivity index (χ2n) is 4.04. The SMILES string of the molecule is NC1(C(=O)Nc2ccc(Br)c(F)c2)CCOC1. The van der Waals surface area contributed by atoms with Crippen molar-refractivity contribution in [3.8, 4) is 0 Å². The number of carbonyl (C=O) groups is 1. The highest BCUT2D eigenvalue weighted by Gasteiger charge is 2.38. The summed E-state index contributed by atoms with van der Waals surface area (Å²) in [5, 5.41) is 2.59. The van der Waals surface area contributed by atoms with Crippen LogP contribution < -0.4 is 11.1 Å². The molecule has 0 saturated carbocycles. The third kappa shape index (κ3) is 2.65. The van der Waals surface area contributed by atoms with E-state index < -0.39 is 11.4 Å². The second-order valence-corrected chi connectivity index (χ2v) is 4.90. The monoisotopic (exact) mass is 302 g/mol. The van der Waals surface area contributed by atoms with Crippen LogP contribution in [0.2, 0.25) is 0 Å². The van der Waals surface area contributed by atoms with Crippen molar-refractivity contribution in [3.05, 3.63) is 28.5 Å². The zero-order chi connectivity index (χ0) is 12.5. The highest BCUT2D eigenvalue weighted by Crippen LogP contribution is 2.22. The zero-order valence-corrected chi connectivity index (χ0v) is 10.6. The van der Waals surface area contributed by atoms with Crippen LogP contribution in [-0.2, 0) is 9.53 Å². The number of halogens is 2. The number of nitrogens with one attached hydrogen (secondary N) is 1. The van der Waals surface area contributed by atoms with Crippen molar-refractivity contribution >= 4 is 27.5 Å². The lowest BCUT2D eigenvalue weighted by atomic mass is 9.99. The van der Waals surface area contributed by atoms with Gasteiger partial charge in [-0.2, -0.15) is 0 Å². The fourth-order valence-corrected chi connectivity index (χ4v) is 1.84. The normalized spacial score (nSPS) is 23.7. The van der Waals surface area contributed by atoms with Gasteiger partial charge in [0.1, 0.15) is 11.4 Å². The maximum Gasteiger partial charge on any atom is 0.246 e. The molecule has 1 aromatic rings. The molecule has 0 spiro atoms. The fraction of sp³-hybridized carbons (Fsp3) is 0.364. The van der Waals surface area contributed by atoms with Gasteiger partial charge in [-0.05, 0) is 40.5 Å². The smallest absolute Gasteiger partial charge is 0.246 e. The Morgan fingerprint density at radius 2 is 2.35 bits per heavy atom. The minimum atomic E-state index is -1.01. The van der Waals surface area contributed by atoms with Crippen LogP contribution in [0.25, 0.3) is 0 Å². The van der Waals surface area contributed by atoms with E-state index in [1.165, 1.54) is 12.1 Å². The van der Waals surface area contributed by atoms with E-state index in [1.807, 2.05) is 0 Å². The summed E-state index contributed by atoms with van der Waals surface area (Å²) < 4.78 is 18.7. The molecule has 1 fully saturated rings. The summed E-state index contributed by atoms with van der Waals surface area (Å²) in [6.07, 6.45) is 0.470. The number of amides is 1. The first-order valence-electron chi connectivity index (χ1n) is 5.14. The van der Waals surface area contributed by atoms with Crippen molar-refractivity contribution in [2.45, 2.75) is 12.0 Å². The number of hydrogen-bond acceptors (Lipinski definition) is 3. The molecule has 6 heteroatoms. The standard InChI is InChI=1S/C11H12BrFN2O2/c12-8-2-1-7(5-9(8)13)15-10(16)11(14)3-4-17-6-11/h1-2,5H,3-4,6,14H2,(H,15,16). The van der Waals surface area contributed by atoms with Gasteiger partial charge in [0.05, 0.1) is 11.1 Å². The number of anilines is 1. The zero-order valence-electron chi connectivity index (χ0n) is 9.00. The summed E-state index contributed by atoms with van der Waals surface area (Å²) in [5.41, 5.74) is 5.25. The van der Waals surface area contributed by atoms with Crippen LogP contribution in [-0.4, -0.2) is 24.7 Å². The van der Waals surface area contributed by atoms with Crippen LogP contribution >= 0.6 is 15.9 Å². The lowest BCUT2D eigenvalue weighted by Gasteiger charge is -2.20. The molecule has 0 aliphatic carbocycles. The summed E-state index contributed by atoms with van der Waals surface area (Å²) in [4.78, 5) is 11.9. The van der Waals surface area contributed by atoms with Gasteiger partial charge in [-0.25, -0.2) is 4.39 Å². The first-order valence-corrected chi connectivity index (χ1v) is 5.94. The van der Waals surface area contributed by atoms with E-state index in [0.29, 0.717) is 23.2 Å². The third-order valence-electron chi connectivity index (χ3n) is 2.68. The molecule has 1 saturated heterocycles. The van der Waals surface area contributed by atoms with Crippen molar-refractivity contribution in [2.24, 2.45) is 5.73 Å². The van der Waals surface area contributed by atoms with Crippen molar-refractivity contribution in [2.75, 3.05) is 18.5 Å². The molecule has 0 bridgehead atoms. The number of rotatable bonds is 2. The van der Waals surface area contributed by atoms with E-state index in [4.69, 9.17) is 10.5 Å². The lowest BCUT2D eigenvalue weighted by Crippen LogP contribution is -2.51. The largest absolute Gasteiger partial charge is 0.379 e. The van der Waals surface area contributed by atoms with Crippen LogP contribution in [0.15, 0.2) is 22.7 Å². The van der Waals surface area contributed by atoms with Gasteiger partial charge in [0, 0.05) is 12.3 Å². The Labute approximate surface area is 106 Å². The van der Waals surface area contributed by atoms with Crippen molar-refractivity contribution in [1.82, 2.24) is 0 Å². The molecular weight excluding hydrogens is 291 g/mol. The molecule has 1 unspecified atom stereocenters. The molecule has 1 heterocycles. The predicted octanol–water partition coefficient (Wildman–Crippen LogP) is 1.64. The van der Waals surface area contributed by atoms with Crippen LogP contribution in [0.4, 0.5) is 10.1 Å². The Balaban J connectivity index is 2.10. The molecule has 3 N–H and O–H groups in total. The minimum Gasteiger partial charge on any atom is -0.379 e. The first-order chi connectivity index (χ1) is 8.01. The average Bonchev–Trinajstić information content (AvgIpc) is 2.72. The van der Waals surface area contributed by atoms with Crippen molar-refractivity contribution in [3.63, 3.8) is 0 Å². The van der Waals surface area contributed by atoms with Crippen molar-refractivity contribution in [1.29, 1.82) is 0 Å². The van der Waals surface area contributed by atoms with Gasteiger partial charge in [-0.15, -0.1) is 0 Å². The fourth-order valence-electron chi connectivity index (χ4n) is 1.59. The Morgan fingerprint density at radius 1 is 1.59 bits per heavy atom. The number of carbonyl (C=O) groups excluding carboxylic acids is 1. The molecule has 1 amide bonds. The Bertz CT molecular complexity index is 447. The van der Waals surface area contributed by atoms with Gasteiger partial charge in [0.2, 0.25) is 5.91 Å². The summed E-state index contributed by atoms with van der Waals surface area (Å²) >= 11 is 3.04. The number of nitrogens with two attached hydrogens (primary N) is 1. The summed E-state index contributed by atoms with van der Waals surface area (Å²) in [5.74, 6) is -0.784. The van der Waals surface area contributed by atoms with E-state index in [2.05, 4.69) is 21.2 Å². The molecule has 92 valence electrons. The van der Waals surface area contributed by atoms with Gasteiger partial charge < -0.3 is 15.8 Å².